The van der Waals surface area contributed by atoms with Gasteiger partial charge in [-0.05, 0) is 36.4 Å². The number of benzene rings is 2. The quantitative estimate of drug-likeness (QED) is 0.592. The third-order valence-corrected chi connectivity index (χ3v) is 6.29. The molecule has 0 aliphatic carbocycles. The van der Waals surface area contributed by atoms with Crippen molar-refractivity contribution in [1.29, 1.82) is 0 Å². The van der Waals surface area contributed by atoms with Gasteiger partial charge in [0.1, 0.15) is 5.82 Å². The van der Waals surface area contributed by atoms with E-state index in [1.165, 1.54) is 42.5 Å². The summed E-state index contributed by atoms with van der Waals surface area (Å²) in [6.45, 7) is 1.36. The monoisotopic (exact) mass is 436 g/mol. The normalized spacial score (nSPS) is 11.6. The largest absolute Gasteiger partial charge is 0.308 e. The minimum Gasteiger partial charge on any atom is -0.308 e. The van der Waals surface area contributed by atoms with Crippen molar-refractivity contribution in [2.45, 2.75) is 11.8 Å². The van der Waals surface area contributed by atoms with E-state index >= 15 is 0 Å². The van der Waals surface area contributed by atoms with Crippen LogP contribution in [0.3, 0.4) is 0 Å². The Morgan fingerprint density at radius 3 is 2.59 bits per heavy atom. The number of aromatic nitrogens is 2. The lowest BCUT2D eigenvalue weighted by atomic mass is 10.1. The molecular formula is C19H18ClFN4O3S. The summed E-state index contributed by atoms with van der Waals surface area (Å²) in [6, 6.07) is 13.2. The number of carbonyl (C=O) groups is 1. The van der Waals surface area contributed by atoms with Crippen LogP contribution < -0.4 is 5.32 Å². The molecule has 1 heterocycles. The Balaban J connectivity index is 1.70. The first-order chi connectivity index (χ1) is 13.8. The Morgan fingerprint density at radius 1 is 1.21 bits per heavy atom. The van der Waals surface area contributed by atoms with Gasteiger partial charge in [-0.1, -0.05) is 30.7 Å². The van der Waals surface area contributed by atoms with E-state index < -0.39 is 21.7 Å². The molecule has 152 valence electrons. The molecule has 0 saturated carbocycles. The molecule has 0 aliphatic heterocycles. The molecule has 0 radical (unpaired) electrons. The molecule has 0 spiro atoms. The zero-order chi connectivity index (χ0) is 21.0. The Bertz CT molecular complexity index is 1120. The van der Waals surface area contributed by atoms with Crippen molar-refractivity contribution in [3.8, 4) is 11.3 Å². The number of halogens is 2. The van der Waals surface area contributed by atoms with Crippen molar-refractivity contribution in [1.82, 2.24) is 14.5 Å². The highest BCUT2D eigenvalue weighted by Crippen LogP contribution is 2.21. The number of rotatable bonds is 7. The summed E-state index contributed by atoms with van der Waals surface area (Å²) in [5.41, 5.74) is 1.08. The van der Waals surface area contributed by atoms with Crippen LogP contribution in [-0.4, -0.2) is 41.9 Å². The summed E-state index contributed by atoms with van der Waals surface area (Å²) in [5.74, 6) is -0.746. The summed E-state index contributed by atoms with van der Waals surface area (Å²) in [7, 11) is -3.85. The van der Waals surface area contributed by atoms with E-state index in [1.807, 2.05) is 0 Å². The van der Waals surface area contributed by atoms with Gasteiger partial charge in [-0.25, -0.2) is 12.8 Å². The summed E-state index contributed by atoms with van der Waals surface area (Å²) >= 11 is 5.80. The number of sulfonamides is 1. The standard InChI is InChI=1S/C19H18ClFN4O3S/c1-2-25(29(27,28)16-8-6-14(20)7-9-16)12-19(26)22-18-11-17(23-24-18)13-4-3-5-15(21)10-13/h3-11H,2,12H2,1H3,(H2,22,23,24,26). The average Bonchev–Trinajstić information content (AvgIpc) is 3.14. The number of likely N-dealkylation sites (N-methyl/N-ethyl adjacent to an activating group) is 1. The molecule has 29 heavy (non-hydrogen) atoms. The van der Waals surface area contributed by atoms with Crippen LogP contribution in [0.15, 0.2) is 59.5 Å². The maximum absolute atomic E-state index is 13.4. The van der Waals surface area contributed by atoms with Crippen molar-refractivity contribution in [2.24, 2.45) is 0 Å². The molecule has 1 aromatic heterocycles. The highest BCUT2D eigenvalue weighted by atomic mass is 35.5. The molecule has 1 amide bonds. The fourth-order valence-electron chi connectivity index (χ4n) is 2.65. The second-order valence-corrected chi connectivity index (χ2v) is 8.48. The van der Waals surface area contributed by atoms with Crippen LogP contribution in [0.1, 0.15) is 6.92 Å². The number of H-pyrrole nitrogens is 1. The maximum atomic E-state index is 13.4. The van der Waals surface area contributed by atoms with Gasteiger partial charge in [-0.2, -0.15) is 9.40 Å². The molecule has 0 fully saturated rings. The third kappa shape index (κ3) is 5.00. The third-order valence-electron chi connectivity index (χ3n) is 4.11. The molecule has 0 saturated heterocycles. The van der Waals surface area contributed by atoms with Crippen LogP contribution >= 0.6 is 11.6 Å². The predicted octanol–water partition coefficient (Wildman–Crippen LogP) is 3.52. The summed E-state index contributed by atoms with van der Waals surface area (Å²) in [4.78, 5) is 12.4. The number of hydrogen-bond acceptors (Lipinski definition) is 4. The predicted molar refractivity (Wildman–Crippen MR) is 108 cm³/mol. The van der Waals surface area contributed by atoms with Gasteiger partial charge in [0.05, 0.1) is 17.1 Å². The van der Waals surface area contributed by atoms with Crippen LogP contribution in [-0.2, 0) is 14.8 Å². The summed E-state index contributed by atoms with van der Waals surface area (Å²) in [6.07, 6.45) is 0. The van der Waals surface area contributed by atoms with Crippen molar-refractivity contribution >= 4 is 33.3 Å². The fourth-order valence-corrected chi connectivity index (χ4v) is 4.19. The Morgan fingerprint density at radius 2 is 1.93 bits per heavy atom. The minimum absolute atomic E-state index is 0.0460. The Hall–Kier alpha value is -2.75. The second-order valence-electron chi connectivity index (χ2n) is 6.11. The maximum Gasteiger partial charge on any atom is 0.243 e. The lowest BCUT2D eigenvalue weighted by Crippen LogP contribution is -2.37. The van der Waals surface area contributed by atoms with E-state index in [0.717, 1.165) is 4.31 Å². The molecular weight excluding hydrogens is 419 g/mol. The molecule has 7 nitrogen and oxygen atoms in total. The molecule has 0 unspecified atom stereocenters. The number of nitrogens with zero attached hydrogens (tertiary/aromatic N) is 2. The Labute approximate surface area is 172 Å². The highest BCUT2D eigenvalue weighted by Gasteiger charge is 2.25. The highest BCUT2D eigenvalue weighted by molar-refractivity contribution is 7.89. The molecule has 3 rings (SSSR count). The van der Waals surface area contributed by atoms with Crippen LogP contribution in [0.4, 0.5) is 10.2 Å². The van der Waals surface area contributed by atoms with Gasteiger partial charge in [0.2, 0.25) is 15.9 Å². The summed E-state index contributed by atoms with van der Waals surface area (Å²) < 4.78 is 39.9. The first kappa shape index (κ1) is 21.0. The first-order valence-electron chi connectivity index (χ1n) is 8.66. The van der Waals surface area contributed by atoms with Gasteiger partial charge in [-0.15, -0.1) is 0 Å². The minimum atomic E-state index is -3.85. The van der Waals surface area contributed by atoms with Gasteiger partial charge in [0, 0.05) is 23.2 Å². The van der Waals surface area contributed by atoms with Crippen molar-refractivity contribution in [2.75, 3.05) is 18.4 Å². The molecule has 0 aliphatic rings. The lowest BCUT2D eigenvalue weighted by molar-refractivity contribution is -0.116. The zero-order valence-electron chi connectivity index (χ0n) is 15.4. The second kappa shape index (κ2) is 8.73. The van der Waals surface area contributed by atoms with Crippen LogP contribution in [0.5, 0.6) is 0 Å². The van der Waals surface area contributed by atoms with Crippen molar-refractivity contribution < 1.29 is 17.6 Å². The lowest BCUT2D eigenvalue weighted by Gasteiger charge is -2.19. The van der Waals surface area contributed by atoms with E-state index in [1.54, 1.807) is 19.1 Å². The average molecular weight is 437 g/mol. The molecule has 0 atom stereocenters. The first-order valence-corrected chi connectivity index (χ1v) is 10.5. The molecule has 0 bridgehead atoms. The van der Waals surface area contributed by atoms with E-state index in [9.17, 15) is 17.6 Å². The number of carbonyl (C=O) groups excluding carboxylic acids is 1. The number of anilines is 1. The molecule has 2 aromatic carbocycles. The van der Waals surface area contributed by atoms with Crippen molar-refractivity contribution in [3.05, 3.63) is 65.4 Å². The van der Waals surface area contributed by atoms with E-state index in [4.69, 9.17) is 11.6 Å². The van der Waals surface area contributed by atoms with Gasteiger partial charge >= 0.3 is 0 Å². The molecule has 10 heteroatoms. The number of nitrogens with one attached hydrogen (secondary N) is 2. The van der Waals surface area contributed by atoms with E-state index in [-0.39, 0.29) is 23.8 Å². The van der Waals surface area contributed by atoms with E-state index in [2.05, 4.69) is 15.5 Å². The Kier molecular flexibility index (Phi) is 6.31. The topological polar surface area (TPSA) is 95.2 Å². The smallest absolute Gasteiger partial charge is 0.243 e. The summed E-state index contributed by atoms with van der Waals surface area (Å²) in [5, 5.41) is 9.63. The van der Waals surface area contributed by atoms with Crippen LogP contribution in [0.25, 0.3) is 11.3 Å². The number of aromatic amines is 1. The zero-order valence-corrected chi connectivity index (χ0v) is 17.0. The van der Waals surface area contributed by atoms with Gasteiger partial charge in [0.25, 0.3) is 0 Å². The van der Waals surface area contributed by atoms with Crippen LogP contribution in [0.2, 0.25) is 5.02 Å². The number of amides is 1. The number of hydrogen-bond donors (Lipinski definition) is 2. The SMILES string of the molecule is CCN(CC(=O)Nc1cc(-c2cccc(F)c2)[nH]n1)S(=O)(=O)c1ccc(Cl)cc1. The molecule has 3 aromatic rings. The van der Waals surface area contributed by atoms with Crippen LogP contribution in [0, 0.1) is 5.82 Å². The molecule has 2 N–H and O–H groups in total. The van der Waals surface area contributed by atoms with Gasteiger partial charge in [-0.3, -0.25) is 9.89 Å². The van der Waals surface area contributed by atoms with Gasteiger partial charge < -0.3 is 5.32 Å². The van der Waals surface area contributed by atoms with Gasteiger partial charge in [0.15, 0.2) is 5.82 Å². The fraction of sp³-hybridized carbons (Fsp3) is 0.158. The van der Waals surface area contributed by atoms with E-state index in [0.29, 0.717) is 16.3 Å². The van der Waals surface area contributed by atoms with Crippen molar-refractivity contribution in [3.63, 3.8) is 0 Å².